The second kappa shape index (κ2) is 56.0. The van der Waals surface area contributed by atoms with Crippen LogP contribution < -0.4 is 0 Å². The van der Waals surface area contributed by atoms with Crippen molar-refractivity contribution in [1.82, 2.24) is 4.98 Å². The zero-order valence-electron chi connectivity index (χ0n) is 73.5. The van der Waals surface area contributed by atoms with Crippen LogP contribution in [0.15, 0.2) is 245 Å². The number of halogens is 4. The van der Waals surface area contributed by atoms with Gasteiger partial charge in [-0.25, -0.2) is 0 Å². The summed E-state index contributed by atoms with van der Waals surface area (Å²) in [5, 5.41) is 18.9. The smallest absolute Gasteiger partial charge is 0.398 e. The molecule has 0 saturated carbocycles. The second-order valence-electron chi connectivity index (χ2n) is 26.1. The standard InChI is InChI=1S/C16H17N.C16H16O.C12H14O.C12H14S.C11H13F3.C11H13N.C10H13Cl.7C2H6/c1-3-11(2)12-8-6-10-15-16(12)13-7-4-5-9-14(13)17-15;1-3-11(2)12-8-9-14-13-6-4-5-7-15(13)17-16(14)10-12;1-3-9(2)11-5-4-10-6-7-13-12(10)8-11;1-3-9(2)10-4-5-12-11(8-10)6-7-13-12;1-3-10(2,11(12,13)14)9-7-5-4-6-8-9;1-3-11(2,9-12)10-7-5-4-6-8-10;1-3-10(2,11)9-7-5-4-6-8-9;7*1-2/h4-11,17H,3H2,1-2H3;4-11H,3H2,1-2H3;2*4-9H,3H2,1-2H3;4-8H,3H2,1-2H3;4-8H,3H2,1-2H3;4-8H,3H2,1-2H3;7*1-2H3. The molecule has 0 aliphatic heterocycles. The number of nitriles is 1. The van der Waals surface area contributed by atoms with Crippen molar-refractivity contribution >= 4 is 87.7 Å². The molecule has 0 bridgehead atoms. The van der Waals surface area contributed by atoms with Crippen molar-refractivity contribution in [2.75, 3.05) is 0 Å². The maximum absolute atomic E-state index is 12.8. The van der Waals surface area contributed by atoms with Crippen LogP contribution in [0.3, 0.4) is 0 Å². The van der Waals surface area contributed by atoms with Crippen molar-refractivity contribution in [2.45, 2.75) is 284 Å². The van der Waals surface area contributed by atoms with Crippen LogP contribution in [0.5, 0.6) is 0 Å². The van der Waals surface area contributed by atoms with Gasteiger partial charge in [0.2, 0.25) is 0 Å². The van der Waals surface area contributed by atoms with E-state index in [0.717, 1.165) is 41.6 Å². The second-order valence-corrected chi connectivity index (χ2v) is 27.9. The van der Waals surface area contributed by atoms with Crippen LogP contribution in [0.25, 0.3) is 64.8 Å². The monoisotopic (exact) mass is 1550 g/mol. The van der Waals surface area contributed by atoms with Gasteiger partial charge in [-0.05, 0) is 188 Å². The Morgan fingerprint density at radius 1 is 0.414 bits per heavy atom. The number of H-pyrrole nitrogens is 1. The Morgan fingerprint density at radius 2 is 0.856 bits per heavy atom. The summed E-state index contributed by atoms with van der Waals surface area (Å²) in [6.45, 7) is 56.9. The molecule has 111 heavy (non-hydrogen) atoms. The van der Waals surface area contributed by atoms with Gasteiger partial charge >= 0.3 is 6.18 Å². The van der Waals surface area contributed by atoms with Crippen LogP contribution in [-0.2, 0) is 15.7 Å². The Bertz CT molecular complexity index is 4440. The van der Waals surface area contributed by atoms with Crippen LogP contribution in [0, 0.1) is 11.3 Å². The van der Waals surface area contributed by atoms with Crippen LogP contribution >= 0.6 is 22.9 Å². The van der Waals surface area contributed by atoms with E-state index in [1.165, 1.54) is 114 Å². The average molecular weight is 1550 g/mol. The lowest BCUT2D eigenvalue weighted by Crippen LogP contribution is -2.38. The number of fused-ring (bicyclic) bond motifs is 8. The number of hydrogen-bond acceptors (Lipinski definition) is 4. The fraction of sp³-hybridized carbons (Fsp3) is 0.422. The molecule has 0 saturated heterocycles. The molecular weight excluding hydrogens is 1410 g/mol. The van der Waals surface area contributed by atoms with E-state index in [0.29, 0.717) is 29.2 Å². The Kier molecular flexibility index (Phi) is 51.8. The molecule has 7 atom stereocenters. The van der Waals surface area contributed by atoms with Crippen LogP contribution in [0.2, 0.25) is 0 Å². The van der Waals surface area contributed by atoms with E-state index in [-0.39, 0.29) is 16.7 Å². The first-order valence-corrected chi connectivity index (χ1v) is 43.0. The maximum atomic E-state index is 12.8. The molecule has 4 heterocycles. The lowest BCUT2D eigenvalue weighted by Gasteiger charge is -2.31. The molecule has 4 nitrogen and oxygen atoms in total. The van der Waals surface area contributed by atoms with Gasteiger partial charge in [0.25, 0.3) is 0 Å². The highest BCUT2D eigenvalue weighted by Crippen LogP contribution is 2.43. The number of aromatic amines is 1. The lowest BCUT2D eigenvalue weighted by molar-refractivity contribution is -0.186. The van der Waals surface area contributed by atoms with Gasteiger partial charge in [-0.1, -0.05) is 349 Å². The molecule has 0 radical (unpaired) electrons. The van der Waals surface area contributed by atoms with Gasteiger partial charge in [-0.2, -0.15) is 18.4 Å². The first-order valence-electron chi connectivity index (χ1n) is 41.7. The fourth-order valence-electron chi connectivity index (χ4n) is 11.4. The number of rotatable bonds is 14. The van der Waals surface area contributed by atoms with Crippen LogP contribution in [-0.4, -0.2) is 11.2 Å². The quantitative estimate of drug-likeness (QED) is 0.110. The zero-order valence-corrected chi connectivity index (χ0v) is 75.0. The van der Waals surface area contributed by atoms with E-state index in [1.807, 2.05) is 196 Å². The zero-order chi connectivity index (χ0) is 84.3. The number of nitrogens with zero attached hydrogens (tertiary/aromatic N) is 1. The third-order valence-electron chi connectivity index (χ3n) is 19.8. The summed E-state index contributed by atoms with van der Waals surface area (Å²) >= 11 is 8.06. The number of aromatic nitrogens is 1. The normalized spacial score (nSPS) is 12.8. The van der Waals surface area contributed by atoms with E-state index in [4.69, 9.17) is 25.7 Å². The Balaban J connectivity index is 0.00000124. The van der Waals surface area contributed by atoms with Crippen molar-refractivity contribution in [2.24, 2.45) is 0 Å². The van der Waals surface area contributed by atoms with Gasteiger partial charge in [0, 0.05) is 42.7 Å². The summed E-state index contributed by atoms with van der Waals surface area (Å²) in [7, 11) is 0. The highest BCUT2D eigenvalue weighted by atomic mass is 35.5. The highest BCUT2D eigenvalue weighted by Gasteiger charge is 2.50. The largest absolute Gasteiger partial charge is 0.464 e. The SMILES string of the molecule is CC.CC.CC.CC.CC.CC.CC.CCC(C)(C#N)c1ccccc1.CCC(C)(Cl)c1ccccc1.CCC(C)(c1ccccc1)C(F)(F)F.CCC(C)c1ccc2c(c1)oc1ccccc12.CCC(C)c1ccc2ccoc2c1.CCC(C)c1ccc2sccc2c1.CCC(C)c1cccc2[nH]c3ccccc3c12. The number of furan rings is 2. The minimum Gasteiger partial charge on any atom is -0.464 e. The Hall–Kier alpha value is -8.35. The molecule has 606 valence electrons. The number of hydrogen-bond donors (Lipinski definition) is 1. The summed E-state index contributed by atoms with van der Waals surface area (Å²) in [6.07, 6.45) is 4.15. The summed E-state index contributed by atoms with van der Waals surface area (Å²) in [5.41, 5.74) is 11.7. The predicted molar refractivity (Wildman–Crippen MR) is 492 cm³/mol. The first-order chi connectivity index (χ1) is 53.5. The van der Waals surface area contributed by atoms with Crippen molar-refractivity contribution in [1.29, 1.82) is 5.26 Å². The molecule has 0 amide bonds. The third kappa shape index (κ3) is 30.6. The predicted octanol–water partition coefficient (Wildman–Crippen LogP) is 35.8. The fourth-order valence-corrected chi connectivity index (χ4v) is 12.3. The number of nitrogens with one attached hydrogen (secondary N) is 1. The average Bonchev–Trinajstić information content (AvgIpc) is 1.71. The Morgan fingerprint density at radius 3 is 1.35 bits per heavy atom. The van der Waals surface area contributed by atoms with Gasteiger partial charge in [-0.15, -0.1) is 22.9 Å². The van der Waals surface area contributed by atoms with Gasteiger partial charge in [0.05, 0.1) is 28.0 Å². The van der Waals surface area contributed by atoms with Crippen molar-refractivity contribution < 1.29 is 22.0 Å². The molecule has 9 heteroatoms. The van der Waals surface area contributed by atoms with Gasteiger partial charge < -0.3 is 13.8 Å². The molecule has 13 aromatic rings. The summed E-state index contributed by atoms with van der Waals surface area (Å²) in [5.74, 6) is 2.50. The molecule has 9 aromatic carbocycles. The van der Waals surface area contributed by atoms with Crippen LogP contribution in [0.4, 0.5) is 13.2 Å². The summed E-state index contributed by atoms with van der Waals surface area (Å²) < 4.78 is 51.0. The van der Waals surface area contributed by atoms with E-state index >= 15 is 0 Å². The van der Waals surface area contributed by atoms with Crippen molar-refractivity contribution in [3.05, 3.63) is 275 Å². The number of thiophene rings is 1. The number of alkyl halides is 4. The Labute approximate surface area is 681 Å². The highest BCUT2D eigenvalue weighted by molar-refractivity contribution is 7.17. The van der Waals surface area contributed by atoms with Crippen molar-refractivity contribution in [3.8, 4) is 6.07 Å². The van der Waals surface area contributed by atoms with Gasteiger partial charge in [-0.3, -0.25) is 0 Å². The van der Waals surface area contributed by atoms with Crippen molar-refractivity contribution in [3.63, 3.8) is 0 Å². The number of benzene rings is 9. The maximum Gasteiger partial charge on any atom is 0.398 e. The molecule has 7 unspecified atom stereocenters. The van der Waals surface area contributed by atoms with Crippen LogP contribution in [0.1, 0.15) is 301 Å². The minimum atomic E-state index is -4.19. The number of para-hydroxylation sites is 2. The molecule has 4 aromatic heterocycles. The lowest BCUT2D eigenvalue weighted by atomic mass is 9.79. The van der Waals surface area contributed by atoms with E-state index in [1.54, 1.807) is 31.4 Å². The summed E-state index contributed by atoms with van der Waals surface area (Å²) in [6, 6.07) is 77.9. The van der Waals surface area contributed by atoms with Gasteiger partial charge in [0.15, 0.2) is 0 Å². The molecular formula is C102H142ClF3N2O2S. The van der Waals surface area contributed by atoms with E-state index in [9.17, 15) is 13.2 Å². The minimum absolute atomic E-state index is 0.0561. The third-order valence-corrected chi connectivity index (χ3v) is 21.1. The summed E-state index contributed by atoms with van der Waals surface area (Å²) in [4.78, 5) is 3.30. The topological polar surface area (TPSA) is 65.9 Å². The molecule has 0 fully saturated rings. The van der Waals surface area contributed by atoms with E-state index < -0.39 is 11.6 Å². The first kappa shape index (κ1) is 103. The molecule has 0 spiro atoms. The molecule has 13 rings (SSSR count). The molecule has 0 aliphatic rings. The van der Waals surface area contributed by atoms with Gasteiger partial charge in [0.1, 0.15) is 16.7 Å². The molecule has 1 N–H and O–H groups in total. The molecule has 0 aliphatic carbocycles. The van der Waals surface area contributed by atoms with E-state index in [2.05, 4.69) is 206 Å².